The van der Waals surface area contributed by atoms with Gasteiger partial charge in [-0.25, -0.2) is 14.4 Å². The number of hydrogen-bond acceptors (Lipinski definition) is 3. The number of fused-ring (bicyclic) bond motifs is 1. The van der Waals surface area contributed by atoms with Gasteiger partial charge in [0.25, 0.3) is 0 Å². The zero-order valence-electron chi connectivity index (χ0n) is 11.0. The Labute approximate surface area is 116 Å². The summed E-state index contributed by atoms with van der Waals surface area (Å²) in [6.07, 6.45) is 2.49. The van der Waals surface area contributed by atoms with E-state index >= 15 is 0 Å². The van der Waals surface area contributed by atoms with Gasteiger partial charge in [-0.15, -0.1) is 0 Å². The molecule has 1 aromatic heterocycles. The zero-order chi connectivity index (χ0) is 13.9. The molecule has 0 radical (unpaired) electrons. The molecule has 4 heteroatoms. The fourth-order valence-electron chi connectivity index (χ4n) is 2.18. The SMILES string of the molecule is C[C@@H](Nc1ncncc1F)c1ccc2ccccc2c1. The third-order valence-corrected chi connectivity index (χ3v) is 3.29. The molecular formula is C16H14FN3. The van der Waals surface area contributed by atoms with Crippen LogP contribution in [0, 0.1) is 5.82 Å². The van der Waals surface area contributed by atoms with Crippen LogP contribution in [0.25, 0.3) is 10.8 Å². The predicted molar refractivity (Wildman–Crippen MR) is 78.0 cm³/mol. The summed E-state index contributed by atoms with van der Waals surface area (Å²) in [5.41, 5.74) is 1.08. The van der Waals surface area contributed by atoms with Crippen LogP contribution in [0.4, 0.5) is 10.2 Å². The summed E-state index contributed by atoms with van der Waals surface area (Å²) >= 11 is 0. The summed E-state index contributed by atoms with van der Waals surface area (Å²) < 4.78 is 13.5. The zero-order valence-corrected chi connectivity index (χ0v) is 11.0. The Morgan fingerprint density at radius 3 is 2.70 bits per heavy atom. The number of halogens is 1. The molecule has 0 saturated heterocycles. The Bertz CT molecular complexity index is 742. The third-order valence-electron chi connectivity index (χ3n) is 3.29. The molecule has 0 spiro atoms. The maximum atomic E-state index is 13.5. The minimum atomic E-state index is -0.444. The van der Waals surface area contributed by atoms with Gasteiger partial charge in [0.2, 0.25) is 0 Å². The highest BCUT2D eigenvalue weighted by atomic mass is 19.1. The minimum Gasteiger partial charge on any atom is -0.361 e. The summed E-state index contributed by atoms with van der Waals surface area (Å²) in [5, 5.41) is 5.42. The van der Waals surface area contributed by atoms with Crippen molar-refractivity contribution in [1.29, 1.82) is 0 Å². The number of aromatic nitrogens is 2. The van der Waals surface area contributed by atoms with E-state index in [1.807, 2.05) is 25.1 Å². The van der Waals surface area contributed by atoms with Crippen molar-refractivity contribution < 1.29 is 4.39 Å². The molecule has 0 aliphatic carbocycles. The summed E-state index contributed by atoms with van der Waals surface area (Å²) in [6.45, 7) is 1.98. The molecule has 0 saturated carbocycles. The molecule has 0 aliphatic heterocycles. The topological polar surface area (TPSA) is 37.8 Å². The number of rotatable bonds is 3. The van der Waals surface area contributed by atoms with Gasteiger partial charge in [-0.2, -0.15) is 0 Å². The van der Waals surface area contributed by atoms with Gasteiger partial charge in [-0.3, -0.25) is 0 Å². The monoisotopic (exact) mass is 267 g/mol. The first-order valence-electron chi connectivity index (χ1n) is 6.45. The van der Waals surface area contributed by atoms with Crippen LogP contribution < -0.4 is 5.32 Å². The fourth-order valence-corrected chi connectivity index (χ4v) is 2.18. The van der Waals surface area contributed by atoms with Gasteiger partial charge in [0.1, 0.15) is 6.33 Å². The Kier molecular flexibility index (Phi) is 3.29. The van der Waals surface area contributed by atoms with Crippen molar-refractivity contribution in [3.05, 3.63) is 66.4 Å². The molecule has 100 valence electrons. The van der Waals surface area contributed by atoms with E-state index in [1.54, 1.807) is 0 Å². The van der Waals surface area contributed by atoms with Crippen molar-refractivity contribution in [3.63, 3.8) is 0 Å². The summed E-state index contributed by atoms with van der Waals surface area (Å²) in [7, 11) is 0. The summed E-state index contributed by atoms with van der Waals surface area (Å²) in [6, 6.07) is 14.3. The quantitative estimate of drug-likeness (QED) is 0.781. The lowest BCUT2D eigenvalue weighted by molar-refractivity contribution is 0.613. The highest BCUT2D eigenvalue weighted by Crippen LogP contribution is 2.23. The molecule has 0 fully saturated rings. The smallest absolute Gasteiger partial charge is 0.183 e. The molecule has 1 atom stereocenters. The molecule has 3 nitrogen and oxygen atoms in total. The lowest BCUT2D eigenvalue weighted by Crippen LogP contribution is -2.09. The highest BCUT2D eigenvalue weighted by molar-refractivity contribution is 5.83. The van der Waals surface area contributed by atoms with Gasteiger partial charge in [0, 0.05) is 0 Å². The van der Waals surface area contributed by atoms with Crippen molar-refractivity contribution in [3.8, 4) is 0 Å². The first-order chi connectivity index (χ1) is 9.74. The molecule has 0 amide bonds. The average Bonchev–Trinajstić information content (AvgIpc) is 2.49. The molecule has 3 aromatic rings. The summed E-state index contributed by atoms with van der Waals surface area (Å²) in [4.78, 5) is 7.55. The van der Waals surface area contributed by atoms with Crippen molar-refractivity contribution >= 4 is 16.6 Å². The molecule has 0 aliphatic rings. The number of benzene rings is 2. The number of nitrogens with one attached hydrogen (secondary N) is 1. The molecular weight excluding hydrogens is 253 g/mol. The van der Waals surface area contributed by atoms with Gasteiger partial charge >= 0.3 is 0 Å². The van der Waals surface area contributed by atoms with Crippen LogP contribution in [-0.4, -0.2) is 9.97 Å². The van der Waals surface area contributed by atoms with E-state index in [-0.39, 0.29) is 11.9 Å². The van der Waals surface area contributed by atoms with Crippen molar-refractivity contribution in [2.24, 2.45) is 0 Å². The van der Waals surface area contributed by atoms with E-state index in [2.05, 4.69) is 39.6 Å². The maximum absolute atomic E-state index is 13.5. The second kappa shape index (κ2) is 5.25. The van der Waals surface area contributed by atoms with Crippen molar-refractivity contribution in [2.45, 2.75) is 13.0 Å². The van der Waals surface area contributed by atoms with Crippen LogP contribution in [0.15, 0.2) is 55.0 Å². The third kappa shape index (κ3) is 2.45. The molecule has 0 bridgehead atoms. The largest absolute Gasteiger partial charge is 0.361 e. The van der Waals surface area contributed by atoms with Gasteiger partial charge in [-0.1, -0.05) is 36.4 Å². The standard InChI is InChI=1S/C16H14FN3/c1-11(20-16-15(17)9-18-10-19-16)13-7-6-12-4-2-3-5-14(12)8-13/h2-11H,1H3,(H,18,19,20)/t11-/m1/s1. The molecule has 20 heavy (non-hydrogen) atoms. The fraction of sp³-hybridized carbons (Fsp3) is 0.125. The molecule has 3 rings (SSSR count). The van der Waals surface area contributed by atoms with E-state index in [0.717, 1.165) is 11.8 Å². The van der Waals surface area contributed by atoms with Crippen molar-refractivity contribution in [2.75, 3.05) is 5.32 Å². The van der Waals surface area contributed by atoms with E-state index in [1.165, 1.54) is 17.1 Å². The molecule has 2 aromatic carbocycles. The number of nitrogens with zero attached hydrogens (tertiary/aromatic N) is 2. The Morgan fingerprint density at radius 2 is 1.90 bits per heavy atom. The van der Waals surface area contributed by atoms with Crippen LogP contribution in [0.1, 0.15) is 18.5 Å². The normalized spacial score (nSPS) is 12.3. The second-order valence-corrected chi connectivity index (χ2v) is 4.69. The van der Waals surface area contributed by atoms with E-state index in [9.17, 15) is 4.39 Å². The highest BCUT2D eigenvalue weighted by Gasteiger charge is 2.10. The molecule has 1 N–H and O–H groups in total. The maximum Gasteiger partial charge on any atom is 0.183 e. The summed E-state index contributed by atoms with van der Waals surface area (Å²) in [5.74, 6) is -0.221. The van der Waals surface area contributed by atoms with Crippen LogP contribution in [0.5, 0.6) is 0 Å². The van der Waals surface area contributed by atoms with E-state index < -0.39 is 5.82 Å². The van der Waals surface area contributed by atoms with Gasteiger partial charge < -0.3 is 5.32 Å². The van der Waals surface area contributed by atoms with Crippen LogP contribution in [0.2, 0.25) is 0 Å². The first kappa shape index (κ1) is 12.5. The molecule has 1 heterocycles. The van der Waals surface area contributed by atoms with Crippen LogP contribution in [0.3, 0.4) is 0 Å². The van der Waals surface area contributed by atoms with Gasteiger partial charge in [0.15, 0.2) is 11.6 Å². The molecule has 0 unspecified atom stereocenters. The van der Waals surface area contributed by atoms with Gasteiger partial charge in [0.05, 0.1) is 12.2 Å². The Balaban J connectivity index is 1.89. The number of anilines is 1. The lowest BCUT2D eigenvalue weighted by Gasteiger charge is -2.15. The van der Waals surface area contributed by atoms with E-state index in [4.69, 9.17) is 0 Å². The average molecular weight is 267 g/mol. The van der Waals surface area contributed by atoms with Crippen LogP contribution in [-0.2, 0) is 0 Å². The van der Waals surface area contributed by atoms with Crippen LogP contribution >= 0.6 is 0 Å². The minimum absolute atomic E-state index is 0.0380. The Morgan fingerprint density at radius 1 is 1.10 bits per heavy atom. The predicted octanol–water partition coefficient (Wildman–Crippen LogP) is 3.94. The first-order valence-corrected chi connectivity index (χ1v) is 6.45. The van der Waals surface area contributed by atoms with Gasteiger partial charge in [-0.05, 0) is 29.3 Å². The lowest BCUT2D eigenvalue weighted by atomic mass is 10.0. The Hall–Kier alpha value is -2.49. The second-order valence-electron chi connectivity index (χ2n) is 4.69. The van der Waals surface area contributed by atoms with E-state index in [0.29, 0.717) is 0 Å². The number of hydrogen-bond donors (Lipinski definition) is 1. The van der Waals surface area contributed by atoms with Crippen molar-refractivity contribution in [1.82, 2.24) is 9.97 Å².